The highest BCUT2D eigenvalue weighted by molar-refractivity contribution is 7.98. The number of anilines is 1. The van der Waals surface area contributed by atoms with Crippen molar-refractivity contribution in [2.24, 2.45) is 0 Å². The number of hydrogen-bond donors (Lipinski definition) is 1. The van der Waals surface area contributed by atoms with Crippen LogP contribution in [-0.4, -0.2) is 35.8 Å². The smallest absolute Gasteiger partial charge is 0.412 e. The van der Waals surface area contributed by atoms with Crippen LogP contribution in [0, 0.1) is 0 Å². The number of nitrogens with zero attached hydrogens (tertiary/aromatic N) is 2. The molecule has 7 heteroatoms. The Morgan fingerprint density at radius 2 is 2.18 bits per heavy atom. The van der Waals surface area contributed by atoms with E-state index in [0.29, 0.717) is 10.8 Å². The Labute approximate surface area is 106 Å². The third-order valence-electron chi connectivity index (χ3n) is 1.78. The summed E-state index contributed by atoms with van der Waals surface area (Å²) in [5.74, 6) is 0. The Morgan fingerprint density at radius 3 is 2.65 bits per heavy atom. The third-order valence-corrected chi connectivity index (χ3v) is 2.34. The first-order chi connectivity index (χ1) is 7.81. The lowest BCUT2D eigenvalue weighted by atomic mass is 10.0. The van der Waals surface area contributed by atoms with E-state index in [-0.39, 0.29) is 0 Å². The van der Waals surface area contributed by atoms with Gasteiger partial charge >= 0.3 is 6.09 Å². The molecule has 0 atom stereocenters. The Balaban J connectivity index is 2.72. The van der Waals surface area contributed by atoms with Gasteiger partial charge in [0.15, 0.2) is 13.0 Å². The molecule has 1 rings (SSSR count). The number of carbonyl (C=O) groups is 1. The van der Waals surface area contributed by atoms with E-state index < -0.39 is 11.7 Å². The molecule has 92 valence electrons. The van der Waals surface area contributed by atoms with Crippen molar-refractivity contribution in [3.63, 3.8) is 0 Å². The van der Waals surface area contributed by atoms with Crippen LogP contribution < -0.4 is 10.9 Å². The summed E-state index contributed by atoms with van der Waals surface area (Å²) in [5.41, 5.74) is 0.769. The average Bonchev–Trinajstić information content (AvgIpc) is 2.18. The molecule has 0 fully saturated rings. The number of thioether (sulfide) groups is 1. The highest BCUT2D eigenvalue weighted by Crippen LogP contribution is 2.11. The van der Waals surface area contributed by atoms with Crippen molar-refractivity contribution in [3.8, 4) is 0 Å². The zero-order valence-corrected chi connectivity index (χ0v) is 11.5. The van der Waals surface area contributed by atoms with Crippen LogP contribution in [0.1, 0.15) is 20.8 Å². The van der Waals surface area contributed by atoms with Gasteiger partial charge in [0.1, 0.15) is 5.60 Å². The molecule has 0 aromatic carbocycles. The van der Waals surface area contributed by atoms with Crippen molar-refractivity contribution in [2.45, 2.75) is 31.5 Å². The molecule has 0 spiro atoms. The zero-order chi connectivity index (χ0) is 13.1. The topological polar surface area (TPSA) is 64.1 Å². The molecule has 0 radical (unpaired) electrons. The van der Waals surface area contributed by atoms with E-state index >= 15 is 0 Å². The molecule has 5 nitrogen and oxygen atoms in total. The summed E-state index contributed by atoms with van der Waals surface area (Å²) in [7, 11) is 1.81. The lowest BCUT2D eigenvalue weighted by molar-refractivity contribution is 0.0636. The average molecular weight is 253 g/mol. The molecule has 1 aromatic rings. The van der Waals surface area contributed by atoms with Gasteiger partial charge in [-0.05, 0) is 27.0 Å². The first kappa shape index (κ1) is 13.8. The maximum Gasteiger partial charge on any atom is 0.412 e. The number of aromatic nitrogens is 2. The molecule has 1 amide bonds. The van der Waals surface area contributed by atoms with E-state index in [0.717, 1.165) is 5.59 Å². The van der Waals surface area contributed by atoms with Crippen molar-refractivity contribution >= 4 is 37.0 Å². The summed E-state index contributed by atoms with van der Waals surface area (Å²) in [6.45, 7) is 5.44. The molecule has 17 heavy (non-hydrogen) atoms. The summed E-state index contributed by atoms with van der Waals surface area (Å²) in [6.07, 6.45) is 2.98. The molecule has 0 aliphatic rings. The molecular weight excluding hydrogens is 237 g/mol. The predicted octanol–water partition coefficient (Wildman–Crippen LogP) is 0.804. The molecule has 0 saturated carbocycles. The van der Waals surface area contributed by atoms with Crippen molar-refractivity contribution in [1.82, 2.24) is 9.97 Å². The molecule has 0 saturated heterocycles. The van der Waals surface area contributed by atoms with E-state index in [1.54, 1.807) is 6.20 Å². The summed E-state index contributed by atoms with van der Waals surface area (Å²) in [6, 6.07) is 0. The zero-order valence-electron chi connectivity index (χ0n) is 10.7. The summed E-state index contributed by atoms with van der Waals surface area (Å²) in [5, 5.41) is 3.30. The van der Waals surface area contributed by atoms with Gasteiger partial charge in [-0.25, -0.2) is 14.8 Å². The fraction of sp³-hybridized carbons (Fsp3) is 0.500. The molecule has 0 bridgehead atoms. The molecule has 0 aliphatic heterocycles. The monoisotopic (exact) mass is 253 g/mol. The number of hydrogen-bond acceptors (Lipinski definition) is 5. The Hall–Kier alpha value is -1.24. The normalized spacial score (nSPS) is 11.1. The molecule has 1 aromatic heterocycles. The second kappa shape index (κ2) is 5.40. The largest absolute Gasteiger partial charge is 0.444 e. The van der Waals surface area contributed by atoms with Crippen molar-refractivity contribution in [1.29, 1.82) is 0 Å². The van der Waals surface area contributed by atoms with Gasteiger partial charge in [-0.15, -0.1) is 0 Å². The fourth-order valence-electron chi connectivity index (χ4n) is 1.08. The summed E-state index contributed by atoms with van der Waals surface area (Å²) >= 11 is 1.45. The number of ether oxygens (including phenoxy) is 1. The maximum atomic E-state index is 11.5. The van der Waals surface area contributed by atoms with Crippen LogP contribution in [0.15, 0.2) is 11.4 Å². The minimum atomic E-state index is -0.516. The summed E-state index contributed by atoms with van der Waals surface area (Å²) in [4.78, 5) is 19.9. The Kier molecular flexibility index (Phi) is 4.39. The van der Waals surface area contributed by atoms with Crippen molar-refractivity contribution < 1.29 is 9.53 Å². The van der Waals surface area contributed by atoms with E-state index in [2.05, 4.69) is 15.3 Å². The van der Waals surface area contributed by atoms with Gasteiger partial charge in [0.05, 0.1) is 11.9 Å². The minimum Gasteiger partial charge on any atom is -0.444 e. The lowest BCUT2D eigenvalue weighted by Gasteiger charge is -2.20. The molecule has 0 unspecified atom stereocenters. The second-order valence-electron chi connectivity index (χ2n) is 4.48. The Morgan fingerprint density at radius 1 is 1.53 bits per heavy atom. The van der Waals surface area contributed by atoms with Gasteiger partial charge < -0.3 is 4.74 Å². The number of amides is 1. The SMILES string of the molecule is Bc1nc(SC)ncc1NC(=O)OC(C)(C)C. The van der Waals surface area contributed by atoms with Crippen LogP contribution in [0.3, 0.4) is 0 Å². The maximum absolute atomic E-state index is 11.5. The number of nitrogens with one attached hydrogen (secondary N) is 1. The molecule has 1 heterocycles. The van der Waals surface area contributed by atoms with Crippen molar-refractivity contribution in [2.75, 3.05) is 11.6 Å². The third kappa shape index (κ3) is 4.64. The number of rotatable bonds is 2. The second-order valence-corrected chi connectivity index (χ2v) is 5.26. The van der Waals surface area contributed by atoms with E-state index in [1.807, 2.05) is 34.9 Å². The standard InChI is InChI=1S/C10H16BN3O2S/c1-10(2,3)16-9(15)13-6-5-12-8(17-4)14-7(6)11/h5H,11H2,1-4H3,(H,13,15). The van der Waals surface area contributed by atoms with Crippen molar-refractivity contribution in [3.05, 3.63) is 6.20 Å². The van der Waals surface area contributed by atoms with Crippen LogP contribution in [0.2, 0.25) is 0 Å². The predicted molar refractivity (Wildman–Crippen MR) is 71.8 cm³/mol. The highest BCUT2D eigenvalue weighted by atomic mass is 32.2. The summed E-state index contributed by atoms with van der Waals surface area (Å²) < 4.78 is 5.14. The lowest BCUT2D eigenvalue weighted by Crippen LogP contribution is -2.29. The van der Waals surface area contributed by atoms with Gasteiger partial charge in [-0.3, -0.25) is 5.32 Å². The molecular formula is C10H16BN3O2S. The Bertz CT molecular complexity index is 421. The van der Waals surface area contributed by atoms with Gasteiger partial charge in [0.25, 0.3) is 0 Å². The number of carbonyl (C=O) groups excluding carboxylic acids is 1. The quantitative estimate of drug-likeness (QED) is 0.480. The molecule has 1 N–H and O–H groups in total. The van der Waals surface area contributed by atoms with Crippen LogP contribution in [0.5, 0.6) is 0 Å². The first-order valence-electron chi connectivity index (χ1n) is 5.19. The van der Waals surface area contributed by atoms with Crippen LogP contribution >= 0.6 is 11.8 Å². The molecule has 0 aliphatic carbocycles. The highest BCUT2D eigenvalue weighted by Gasteiger charge is 2.17. The van der Waals surface area contributed by atoms with E-state index in [9.17, 15) is 4.79 Å². The van der Waals surface area contributed by atoms with Gasteiger partial charge in [-0.2, -0.15) is 0 Å². The van der Waals surface area contributed by atoms with Crippen LogP contribution in [0.4, 0.5) is 10.5 Å². The van der Waals surface area contributed by atoms with Crippen LogP contribution in [0.25, 0.3) is 0 Å². The fourth-order valence-corrected chi connectivity index (χ4v) is 1.47. The van der Waals surface area contributed by atoms with Gasteiger partial charge in [-0.1, -0.05) is 11.8 Å². The van der Waals surface area contributed by atoms with Gasteiger partial charge in [0.2, 0.25) is 0 Å². The van der Waals surface area contributed by atoms with E-state index in [4.69, 9.17) is 4.74 Å². The van der Waals surface area contributed by atoms with Gasteiger partial charge in [0, 0.05) is 5.59 Å². The van der Waals surface area contributed by atoms with E-state index in [1.165, 1.54) is 11.8 Å². The first-order valence-corrected chi connectivity index (χ1v) is 6.42. The van der Waals surface area contributed by atoms with Crippen LogP contribution in [-0.2, 0) is 4.74 Å². The minimum absolute atomic E-state index is 0.499.